The maximum atomic E-state index is 10.4. The zero-order valence-electron chi connectivity index (χ0n) is 8.40. The van der Waals surface area contributed by atoms with Crippen molar-refractivity contribution in [2.24, 2.45) is 0 Å². The highest BCUT2D eigenvalue weighted by atomic mass is 16.5. The van der Waals surface area contributed by atoms with Crippen LogP contribution in [0, 0.1) is 0 Å². The molecule has 0 bridgehead atoms. The minimum Gasteiger partial charge on any atom is -0.466 e. The minimum absolute atomic E-state index is 0.206. The molecule has 1 rings (SSSR count). The lowest BCUT2D eigenvalue weighted by atomic mass is 10.2. The Labute approximate surface area is 84.1 Å². The van der Waals surface area contributed by atoms with Gasteiger partial charge in [0.05, 0.1) is 6.61 Å². The number of aromatic nitrogens is 1. The van der Waals surface area contributed by atoms with Crippen LogP contribution in [-0.4, -0.2) is 17.6 Å². The number of nitrogens with zero attached hydrogens (tertiary/aromatic N) is 1. The number of carbonyl (C=O) groups excluding carboxylic acids is 1. The summed E-state index contributed by atoms with van der Waals surface area (Å²) in [5, 5.41) is 0. The van der Waals surface area contributed by atoms with E-state index in [1.54, 1.807) is 6.20 Å². The van der Waals surface area contributed by atoms with Gasteiger partial charge in [-0.3, -0.25) is 9.78 Å². The number of pyridine rings is 1. The molecule has 1 aromatic rings. The molecule has 0 amide bonds. The van der Waals surface area contributed by atoms with Gasteiger partial charge >= 0.3 is 5.97 Å². The van der Waals surface area contributed by atoms with Gasteiger partial charge in [0.1, 0.15) is 0 Å². The number of ether oxygens (including phenoxy) is 1. The molecule has 0 aliphatic heterocycles. The summed E-state index contributed by atoms with van der Waals surface area (Å²) in [7, 11) is 0. The summed E-state index contributed by atoms with van der Waals surface area (Å²) in [5.41, 5.74) is 1.09. The smallest absolute Gasteiger partial charge is 0.302 e. The first-order chi connectivity index (χ1) is 6.79. The fraction of sp³-hybridized carbons (Fsp3) is 0.455. The van der Waals surface area contributed by atoms with Crippen molar-refractivity contribution in [3.8, 4) is 0 Å². The Bertz CT molecular complexity index is 272. The second-order valence-corrected chi connectivity index (χ2v) is 3.12. The minimum atomic E-state index is -0.206. The molecule has 76 valence electrons. The van der Waals surface area contributed by atoms with Crippen molar-refractivity contribution in [1.82, 2.24) is 4.98 Å². The maximum Gasteiger partial charge on any atom is 0.302 e. The van der Waals surface area contributed by atoms with Gasteiger partial charge < -0.3 is 4.74 Å². The molecular weight excluding hydrogens is 178 g/mol. The average molecular weight is 193 g/mol. The lowest BCUT2D eigenvalue weighted by molar-refractivity contribution is -0.141. The van der Waals surface area contributed by atoms with Crippen molar-refractivity contribution < 1.29 is 9.53 Å². The van der Waals surface area contributed by atoms with Crippen molar-refractivity contribution in [2.45, 2.75) is 26.2 Å². The van der Waals surface area contributed by atoms with Gasteiger partial charge in [0.25, 0.3) is 0 Å². The van der Waals surface area contributed by atoms with E-state index in [1.165, 1.54) is 6.92 Å². The zero-order chi connectivity index (χ0) is 10.2. The van der Waals surface area contributed by atoms with E-state index >= 15 is 0 Å². The van der Waals surface area contributed by atoms with Gasteiger partial charge in [-0.25, -0.2) is 0 Å². The van der Waals surface area contributed by atoms with E-state index < -0.39 is 0 Å². The Morgan fingerprint density at radius 3 is 2.93 bits per heavy atom. The van der Waals surface area contributed by atoms with E-state index in [9.17, 15) is 4.79 Å². The third kappa shape index (κ3) is 4.60. The van der Waals surface area contributed by atoms with Gasteiger partial charge in [-0.15, -0.1) is 0 Å². The molecule has 1 heterocycles. The Morgan fingerprint density at radius 2 is 2.29 bits per heavy atom. The largest absolute Gasteiger partial charge is 0.466 e. The fourth-order valence-electron chi connectivity index (χ4n) is 1.17. The molecule has 0 saturated heterocycles. The molecule has 0 spiro atoms. The van der Waals surface area contributed by atoms with Crippen LogP contribution in [0.3, 0.4) is 0 Å². The molecule has 0 aromatic carbocycles. The molecule has 3 heteroatoms. The summed E-state index contributed by atoms with van der Waals surface area (Å²) in [4.78, 5) is 14.6. The maximum absolute atomic E-state index is 10.4. The lowest BCUT2D eigenvalue weighted by Gasteiger charge is -2.01. The van der Waals surface area contributed by atoms with E-state index in [-0.39, 0.29) is 5.97 Å². The number of hydrogen-bond acceptors (Lipinski definition) is 3. The third-order valence-corrected chi connectivity index (χ3v) is 1.86. The zero-order valence-corrected chi connectivity index (χ0v) is 8.40. The van der Waals surface area contributed by atoms with Gasteiger partial charge in [0.2, 0.25) is 0 Å². The number of esters is 1. The summed E-state index contributed by atoms with van der Waals surface area (Å²) in [5.74, 6) is -0.206. The fourth-order valence-corrected chi connectivity index (χ4v) is 1.17. The molecule has 0 aliphatic rings. The average Bonchev–Trinajstić information content (AvgIpc) is 2.18. The predicted molar refractivity (Wildman–Crippen MR) is 53.8 cm³/mol. The van der Waals surface area contributed by atoms with Crippen LogP contribution < -0.4 is 0 Å². The standard InChI is InChI=1S/C11H15NO2/c1-10(13)14-9-5-3-7-11-6-2-4-8-12-11/h2,4,6,8H,3,5,7,9H2,1H3. The number of hydrogen-bond donors (Lipinski definition) is 0. The molecule has 1 aromatic heterocycles. The van der Waals surface area contributed by atoms with E-state index in [0.717, 1.165) is 25.0 Å². The molecule has 0 aliphatic carbocycles. The number of rotatable bonds is 5. The van der Waals surface area contributed by atoms with Gasteiger partial charge in [-0.05, 0) is 31.4 Å². The van der Waals surface area contributed by atoms with Gasteiger partial charge in [0, 0.05) is 18.8 Å². The van der Waals surface area contributed by atoms with Crippen LogP contribution in [0.4, 0.5) is 0 Å². The Kier molecular flexibility index (Phi) is 4.69. The highest BCUT2D eigenvalue weighted by Crippen LogP contribution is 2.01. The lowest BCUT2D eigenvalue weighted by Crippen LogP contribution is -2.01. The Morgan fingerprint density at radius 1 is 1.43 bits per heavy atom. The summed E-state index contributed by atoms with van der Waals surface area (Å²) >= 11 is 0. The molecule has 0 unspecified atom stereocenters. The highest BCUT2D eigenvalue weighted by molar-refractivity contribution is 5.65. The first kappa shape index (κ1) is 10.7. The summed E-state index contributed by atoms with van der Waals surface area (Å²) in [6, 6.07) is 5.89. The number of unbranched alkanes of at least 4 members (excludes halogenated alkanes) is 1. The molecule has 0 N–H and O–H groups in total. The molecule has 0 saturated carbocycles. The van der Waals surface area contributed by atoms with Crippen LogP contribution in [0.15, 0.2) is 24.4 Å². The third-order valence-electron chi connectivity index (χ3n) is 1.86. The molecule has 0 fully saturated rings. The summed E-state index contributed by atoms with van der Waals surface area (Å²) in [6.45, 7) is 1.95. The van der Waals surface area contributed by atoms with Crippen LogP contribution in [0.5, 0.6) is 0 Å². The quantitative estimate of drug-likeness (QED) is 0.530. The van der Waals surface area contributed by atoms with Crippen molar-refractivity contribution in [2.75, 3.05) is 6.61 Å². The molecule has 3 nitrogen and oxygen atoms in total. The van der Waals surface area contributed by atoms with E-state index in [2.05, 4.69) is 4.98 Å². The second-order valence-electron chi connectivity index (χ2n) is 3.12. The molecular formula is C11H15NO2. The Balaban J connectivity index is 2.08. The molecule has 0 radical (unpaired) electrons. The highest BCUT2D eigenvalue weighted by Gasteiger charge is 1.95. The summed E-state index contributed by atoms with van der Waals surface area (Å²) < 4.78 is 4.82. The molecule has 0 atom stereocenters. The van der Waals surface area contributed by atoms with Crippen molar-refractivity contribution in [3.05, 3.63) is 30.1 Å². The van der Waals surface area contributed by atoms with E-state index in [1.807, 2.05) is 18.2 Å². The van der Waals surface area contributed by atoms with Gasteiger partial charge in [0.15, 0.2) is 0 Å². The van der Waals surface area contributed by atoms with Crippen molar-refractivity contribution in [1.29, 1.82) is 0 Å². The van der Waals surface area contributed by atoms with Crippen LogP contribution in [0.2, 0.25) is 0 Å². The molecule has 14 heavy (non-hydrogen) atoms. The van der Waals surface area contributed by atoms with E-state index in [4.69, 9.17) is 4.74 Å². The van der Waals surface area contributed by atoms with Gasteiger partial charge in [-0.1, -0.05) is 6.07 Å². The van der Waals surface area contributed by atoms with Crippen LogP contribution in [0.1, 0.15) is 25.5 Å². The van der Waals surface area contributed by atoms with Gasteiger partial charge in [-0.2, -0.15) is 0 Å². The van der Waals surface area contributed by atoms with Crippen molar-refractivity contribution >= 4 is 5.97 Å². The first-order valence-electron chi connectivity index (χ1n) is 4.82. The van der Waals surface area contributed by atoms with E-state index in [0.29, 0.717) is 6.61 Å². The monoisotopic (exact) mass is 193 g/mol. The normalized spacial score (nSPS) is 9.79. The SMILES string of the molecule is CC(=O)OCCCCc1ccccn1. The topological polar surface area (TPSA) is 39.2 Å². The number of carbonyl (C=O) groups is 1. The van der Waals surface area contributed by atoms with Crippen LogP contribution >= 0.6 is 0 Å². The number of aryl methyl sites for hydroxylation is 1. The second kappa shape index (κ2) is 6.13. The van der Waals surface area contributed by atoms with Crippen molar-refractivity contribution in [3.63, 3.8) is 0 Å². The van der Waals surface area contributed by atoms with Crippen LogP contribution in [0.25, 0.3) is 0 Å². The Hall–Kier alpha value is -1.38. The predicted octanol–water partition coefficient (Wildman–Crippen LogP) is 1.97. The summed E-state index contributed by atoms with van der Waals surface area (Å²) in [6.07, 6.45) is 4.64. The first-order valence-corrected chi connectivity index (χ1v) is 4.82. The van der Waals surface area contributed by atoms with Crippen LogP contribution in [-0.2, 0) is 16.0 Å².